The van der Waals surface area contributed by atoms with Crippen molar-refractivity contribution in [2.24, 2.45) is 0 Å². The third kappa shape index (κ3) is 4.55. The third-order valence-electron chi connectivity index (χ3n) is 3.36. The summed E-state index contributed by atoms with van der Waals surface area (Å²) in [6.45, 7) is 0.563. The number of nitrogens with zero attached hydrogens (tertiary/aromatic N) is 2. The van der Waals surface area contributed by atoms with Crippen LogP contribution in [0.2, 0.25) is 5.02 Å². The molecule has 116 valence electrons. The molecule has 1 aromatic heterocycles. The number of nitrogens with one attached hydrogen (secondary N) is 1. The molecule has 0 aliphatic carbocycles. The van der Waals surface area contributed by atoms with Crippen LogP contribution in [0.15, 0.2) is 48.7 Å². The summed E-state index contributed by atoms with van der Waals surface area (Å²) in [6.07, 6.45) is 2.47. The maximum Gasteiger partial charge on any atom is 0.241 e. The van der Waals surface area contributed by atoms with Crippen LogP contribution in [-0.2, 0) is 11.2 Å². The lowest BCUT2D eigenvalue weighted by atomic mass is 10.1. The predicted molar refractivity (Wildman–Crippen MR) is 88.8 cm³/mol. The fourth-order valence-electron chi connectivity index (χ4n) is 2.29. The number of carbonyl (C=O) groups excluding carboxylic acids is 1. The summed E-state index contributed by atoms with van der Waals surface area (Å²) in [7, 11) is 3.77. The number of carbonyl (C=O) groups is 1. The average Bonchev–Trinajstić information content (AvgIpc) is 2.50. The van der Waals surface area contributed by atoms with Gasteiger partial charge >= 0.3 is 0 Å². The Labute approximate surface area is 136 Å². The van der Waals surface area contributed by atoms with Crippen molar-refractivity contribution in [3.8, 4) is 0 Å². The van der Waals surface area contributed by atoms with Crippen molar-refractivity contribution >= 4 is 17.5 Å². The second kappa shape index (κ2) is 7.92. The highest BCUT2D eigenvalue weighted by Crippen LogP contribution is 2.20. The van der Waals surface area contributed by atoms with Crippen LogP contribution >= 0.6 is 11.6 Å². The monoisotopic (exact) mass is 317 g/mol. The van der Waals surface area contributed by atoms with Crippen molar-refractivity contribution in [3.05, 3.63) is 64.9 Å². The number of hydrogen-bond acceptors (Lipinski definition) is 3. The molecule has 0 aliphatic heterocycles. The average molecular weight is 318 g/mol. The summed E-state index contributed by atoms with van der Waals surface area (Å²) in [4.78, 5) is 18.6. The van der Waals surface area contributed by atoms with Gasteiger partial charge in [-0.25, -0.2) is 0 Å². The maximum atomic E-state index is 12.5. The molecule has 0 bridgehead atoms. The first-order valence-electron chi connectivity index (χ1n) is 7.17. The van der Waals surface area contributed by atoms with E-state index in [0.717, 1.165) is 11.3 Å². The molecule has 0 radical (unpaired) electrons. The lowest BCUT2D eigenvalue weighted by Gasteiger charge is -2.24. The minimum atomic E-state index is -0.332. The lowest BCUT2D eigenvalue weighted by molar-refractivity contribution is -0.125. The second-order valence-corrected chi connectivity index (χ2v) is 5.72. The Morgan fingerprint density at radius 2 is 1.95 bits per heavy atom. The molecule has 22 heavy (non-hydrogen) atoms. The van der Waals surface area contributed by atoms with Gasteiger partial charge < -0.3 is 5.32 Å². The third-order valence-corrected chi connectivity index (χ3v) is 3.61. The first-order valence-corrected chi connectivity index (χ1v) is 7.55. The van der Waals surface area contributed by atoms with E-state index in [-0.39, 0.29) is 11.9 Å². The minimum Gasteiger partial charge on any atom is -0.354 e. The Hall–Kier alpha value is -1.91. The van der Waals surface area contributed by atoms with Crippen LogP contribution in [0.25, 0.3) is 0 Å². The van der Waals surface area contributed by atoms with Gasteiger partial charge in [-0.1, -0.05) is 29.8 Å². The Balaban J connectivity index is 1.97. The summed E-state index contributed by atoms with van der Waals surface area (Å²) in [6, 6.07) is 12.8. The zero-order valence-electron chi connectivity index (χ0n) is 12.8. The summed E-state index contributed by atoms with van der Waals surface area (Å²) in [5.74, 6) is -0.0248. The molecule has 5 heteroatoms. The van der Waals surface area contributed by atoms with Crippen molar-refractivity contribution < 1.29 is 4.79 Å². The van der Waals surface area contributed by atoms with Gasteiger partial charge in [0.2, 0.25) is 5.91 Å². The molecule has 2 rings (SSSR count). The lowest BCUT2D eigenvalue weighted by Crippen LogP contribution is -2.38. The SMILES string of the molecule is CN(C)C(C(=O)NCCc1ccccn1)c1ccc(Cl)cc1. The summed E-state index contributed by atoms with van der Waals surface area (Å²) in [5.41, 5.74) is 1.89. The number of pyridine rings is 1. The number of likely N-dealkylation sites (N-methyl/N-ethyl adjacent to an activating group) is 1. The molecule has 1 N–H and O–H groups in total. The number of hydrogen-bond donors (Lipinski definition) is 1. The molecule has 1 unspecified atom stereocenters. The highest BCUT2D eigenvalue weighted by atomic mass is 35.5. The van der Waals surface area contributed by atoms with E-state index in [2.05, 4.69) is 10.3 Å². The number of aromatic nitrogens is 1. The molecule has 0 fully saturated rings. The molecule has 0 spiro atoms. The van der Waals surface area contributed by atoms with Gasteiger partial charge in [-0.05, 0) is 43.9 Å². The highest BCUT2D eigenvalue weighted by Gasteiger charge is 2.22. The fourth-order valence-corrected chi connectivity index (χ4v) is 2.41. The van der Waals surface area contributed by atoms with Gasteiger partial charge in [0, 0.05) is 29.9 Å². The fraction of sp³-hybridized carbons (Fsp3) is 0.294. The van der Waals surface area contributed by atoms with E-state index in [1.807, 2.05) is 49.3 Å². The highest BCUT2D eigenvalue weighted by molar-refractivity contribution is 6.30. The topological polar surface area (TPSA) is 45.2 Å². The summed E-state index contributed by atoms with van der Waals surface area (Å²) in [5, 5.41) is 3.64. The van der Waals surface area contributed by atoms with Gasteiger partial charge in [-0.3, -0.25) is 14.7 Å². The molecule has 0 saturated heterocycles. The normalized spacial score (nSPS) is 12.2. The van der Waals surface area contributed by atoms with E-state index in [9.17, 15) is 4.79 Å². The van der Waals surface area contributed by atoms with Crippen LogP contribution in [0.4, 0.5) is 0 Å². The molecule has 4 nitrogen and oxygen atoms in total. The number of halogens is 1. The molecule has 1 aromatic carbocycles. The van der Waals surface area contributed by atoms with E-state index in [1.165, 1.54) is 0 Å². The number of amides is 1. The molecular weight excluding hydrogens is 298 g/mol. The first-order chi connectivity index (χ1) is 10.6. The summed E-state index contributed by atoms with van der Waals surface area (Å²) < 4.78 is 0. The molecule has 0 aliphatic rings. The number of benzene rings is 1. The Morgan fingerprint density at radius 1 is 1.23 bits per heavy atom. The van der Waals surface area contributed by atoms with Crippen LogP contribution in [0.5, 0.6) is 0 Å². The van der Waals surface area contributed by atoms with E-state index in [1.54, 1.807) is 18.3 Å². The Morgan fingerprint density at radius 3 is 2.55 bits per heavy atom. The van der Waals surface area contributed by atoms with Crippen LogP contribution in [0, 0.1) is 0 Å². The van der Waals surface area contributed by atoms with Gasteiger partial charge in [-0.2, -0.15) is 0 Å². The Kier molecular flexibility index (Phi) is 5.92. The van der Waals surface area contributed by atoms with Gasteiger partial charge in [0.1, 0.15) is 6.04 Å². The standard InChI is InChI=1S/C17H20ClN3O/c1-21(2)16(13-6-8-14(18)9-7-13)17(22)20-12-10-15-5-3-4-11-19-15/h3-9,11,16H,10,12H2,1-2H3,(H,20,22). The molecule has 0 saturated carbocycles. The second-order valence-electron chi connectivity index (χ2n) is 5.28. The predicted octanol–water partition coefficient (Wildman–Crippen LogP) is 2.70. The van der Waals surface area contributed by atoms with Crippen molar-refractivity contribution in [2.45, 2.75) is 12.5 Å². The summed E-state index contributed by atoms with van der Waals surface area (Å²) >= 11 is 5.91. The van der Waals surface area contributed by atoms with Gasteiger partial charge in [0.25, 0.3) is 0 Å². The van der Waals surface area contributed by atoms with Crippen molar-refractivity contribution in [2.75, 3.05) is 20.6 Å². The maximum absolute atomic E-state index is 12.5. The van der Waals surface area contributed by atoms with Crippen LogP contribution in [0.1, 0.15) is 17.3 Å². The zero-order valence-corrected chi connectivity index (χ0v) is 13.5. The quantitative estimate of drug-likeness (QED) is 0.891. The van der Waals surface area contributed by atoms with Crippen molar-refractivity contribution in [3.63, 3.8) is 0 Å². The van der Waals surface area contributed by atoms with E-state index >= 15 is 0 Å². The van der Waals surface area contributed by atoms with E-state index in [4.69, 9.17) is 11.6 Å². The largest absolute Gasteiger partial charge is 0.354 e. The van der Waals surface area contributed by atoms with E-state index < -0.39 is 0 Å². The van der Waals surface area contributed by atoms with Gasteiger partial charge in [-0.15, -0.1) is 0 Å². The van der Waals surface area contributed by atoms with Crippen molar-refractivity contribution in [1.29, 1.82) is 0 Å². The molecule has 1 amide bonds. The van der Waals surface area contributed by atoms with Crippen LogP contribution in [0.3, 0.4) is 0 Å². The van der Waals surface area contributed by atoms with Crippen molar-refractivity contribution in [1.82, 2.24) is 15.2 Å². The van der Waals surface area contributed by atoms with Crippen LogP contribution < -0.4 is 5.32 Å². The minimum absolute atomic E-state index is 0.0248. The molecule has 2 aromatic rings. The van der Waals surface area contributed by atoms with Crippen LogP contribution in [-0.4, -0.2) is 36.4 Å². The molecule has 1 atom stereocenters. The van der Waals surface area contributed by atoms with Gasteiger partial charge in [0.15, 0.2) is 0 Å². The smallest absolute Gasteiger partial charge is 0.241 e. The first kappa shape index (κ1) is 16.5. The Bertz CT molecular complexity index is 599. The van der Waals surface area contributed by atoms with Gasteiger partial charge in [0.05, 0.1) is 0 Å². The van der Waals surface area contributed by atoms with E-state index in [0.29, 0.717) is 18.0 Å². The molecule has 1 heterocycles. The zero-order chi connectivity index (χ0) is 15.9. The number of rotatable bonds is 6. The molecular formula is C17H20ClN3O.